The van der Waals surface area contributed by atoms with Crippen molar-refractivity contribution >= 4 is 10.0 Å². The van der Waals surface area contributed by atoms with Crippen molar-refractivity contribution < 1.29 is 12.8 Å². The highest BCUT2D eigenvalue weighted by Gasteiger charge is 2.22. The van der Waals surface area contributed by atoms with Gasteiger partial charge in [0, 0.05) is 18.7 Å². The molecule has 0 bridgehead atoms. The van der Waals surface area contributed by atoms with E-state index in [1.165, 1.54) is 0 Å². The summed E-state index contributed by atoms with van der Waals surface area (Å²) in [5.74, 6) is 1.07. The van der Waals surface area contributed by atoms with Gasteiger partial charge >= 0.3 is 0 Å². The number of aryl methyl sites for hydroxylation is 1. The molecule has 0 aromatic carbocycles. The zero-order chi connectivity index (χ0) is 16.0. The normalized spacial score (nSPS) is 13.8. The maximum Gasteiger partial charge on any atom is 0.244 e. The third-order valence-electron chi connectivity index (χ3n) is 3.39. The molecule has 0 fully saturated rings. The Kier molecular flexibility index (Phi) is 6.86. The lowest BCUT2D eigenvalue weighted by molar-refractivity contribution is 0.314. The first-order chi connectivity index (χ1) is 9.77. The number of nitrogens with zero attached hydrogens (tertiary/aromatic N) is 1. The molecule has 0 aliphatic heterocycles. The van der Waals surface area contributed by atoms with Gasteiger partial charge in [0.05, 0.1) is 6.54 Å². The van der Waals surface area contributed by atoms with E-state index < -0.39 is 10.0 Å². The fourth-order valence-electron chi connectivity index (χ4n) is 1.76. The molecule has 1 unspecified atom stereocenters. The maximum atomic E-state index is 12.3. The minimum atomic E-state index is -3.53. The summed E-state index contributed by atoms with van der Waals surface area (Å²) < 4.78 is 32.8. The van der Waals surface area contributed by atoms with Crippen LogP contribution in [0.3, 0.4) is 0 Å². The highest BCUT2D eigenvalue weighted by atomic mass is 32.2. The third-order valence-corrected chi connectivity index (χ3v) is 4.92. The van der Waals surface area contributed by atoms with Crippen molar-refractivity contribution in [2.45, 2.75) is 44.7 Å². The van der Waals surface area contributed by atoms with Crippen LogP contribution >= 0.6 is 0 Å². The van der Waals surface area contributed by atoms with E-state index in [-0.39, 0.29) is 10.9 Å². The van der Waals surface area contributed by atoms with Gasteiger partial charge in [-0.25, -0.2) is 13.1 Å². The SMILES string of the molecule is CCCNCc1cc(S(=O)(=O)NCC(C)N(C)C)c(C)o1. The lowest BCUT2D eigenvalue weighted by Gasteiger charge is -2.19. The van der Waals surface area contributed by atoms with E-state index in [1.807, 2.05) is 25.9 Å². The van der Waals surface area contributed by atoms with E-state index in [4.69, 9.17) is 4.42 Å². The monoisotopic (exact) mass is 317 g/mol. The van der Waals surface area contributed by atoms with Crippen LogP contribution in [0.4, 0.5) is 0 Å². The van der Waals surface area contributed by atoms with Crippen LogP contribution in [0.1, 0.15) is 31.8 Å². The summed E-state index contributed by atoms with van der Waals surface area (Å²) in [6, 6.07) is 1.72. The van der Waals surface area contributed by atoms with Gasteiger partial charge < -0.3 is 14.6 Å². The zero-order valence-corrected chi connectivity index (χ0v) is 14.4. The van der Waals surface area contributed by atoms with Crippen molar-refractivity contribution in [2.75, 3.05) is 27.2 Å². The number of rotatable bonds is 9. The molecular weight excluding hydrogens is 290 g/mol. The standard InChI is InChI=1S/C14H27N3O3S/c1-6-7-15-10-13-8-14(12(3)20-13)21(18,19)16-9-11(2)17(4)5/h8,11,15-16H,6-7,9-10H2,1-5H3. The summed E-state index contributed by atoms with van der Waals surface area (Å²) in [4.78, 5) is 2.19. The minimum absolute atomic E-state index is 0.123. The average molecular weight is 317 g/mol. The summed E-state index contributed by atoms with van der Waals surface area (Å²) in [5.41, 5.74) is 0. The number of hydrogen-bond donors (Lipinski definition) is 2. The van der Waals surface area contributed by atoms with E-state index in [2.05, 4.69) is 17.0 Å². The summed E-state index contributed by atoms with van der Waals surface area (Å²) >= 11 is 0. The second kappa shape index (κ2) is 7.93. The minimum Gasteiger partial charge on any atom is -0.464 e. The van der Waals surface area contributed by atoms with Crippen molar-refractivity contribution in [1.82, 2.24) is 14.9 Å². The second-order valence-corrected chi connectivity index (χ2v) is 7.21. The van der Waals surface area contributed by atoms with Crippen LogP contribution in [0.2, 0.25) is 0 Å². The fourth-order valence-corrected chi connectivity index (χ4v) is 3.08. The van der Waals surface area contributed by atoms with Crippen LogP contribution in [0, 0.1) is 6.92 Å². The predicted molar refractivity (Wildman–Crippen MR) is 83.8 cm³/mol. The van der Waals surface area contributed by atoms with E-state index in [1.54, 1.807) is 13.0 Å². The molecule has 0 amide bonds. The number of furan rings is 1. The molecule has 21 heavy (non-hydrogen) atoms. The summed E-state index contributed by atoms with van der Waals surface area (Å²) in [5, 5.41) is 3.19. The van der Waals surface area contributed by atoms with Crippen LogP contribution in [0.5, 0.6) is 0 Å². The maximum absolute atomic E-state index is 12.3. The van der Waals surface area contributed by atoms with E-state index in [0.717, 1.165) is 13.0 Å². The molecule has 2 N–H and O–H groups in total. The van der Waals surface area contributed by atoms with E-state index in [9.17, 15) is 8.42 Å². The molecule has 0 aliphatic rings. The Morgan fingerprint density at radius 1 is 1.38 bits per heavy atom. The topological polar surface area (TPSA) is 74.6 Å². The molecule has 1 aromatic heterocycles. The van der Waals surface area contributed by atoms with Gasteiger partial charge in [0.1, 0.15) is 16.4 Å². The van der Waals surface area contributed by atoms with Crippen LogP contribution in [-0.2, 0) is 16.6 Å². The molecule has 0 saturated carbocycles. The molecule has 0 radical (unpaired) electrons. The average Bonchev–Trinajstić information content (AvgIpc) is 2.78. The molecule has 1 aromatic rings. The molecule has 1 rings (SSSR count). The molecule has 6 nitrogen and oxygen atoms in total. The Balaban J connectivity index is 2.74. The van der Waals surface area contributed by atoms with E-state index in [0.29, 0.717) is 24.6 Å². The Labute approximate surface area is 127 Å². The number of nitrogens with one attached hydrogen (secondary N) is 2. The van der Waals surface area contributed by atoms with Crippen LogP contribution in [-0.4, -0.2) is 46.5 Å². The van der Waals surface area contributed by atoms with Crippen molar-refractivity contribution in [3.63, 3.8) is 0 Å². The molecule has 7 heteroatoms. The van der Waals surface area contributed by atoms with Gasteiger partial charge in [-0.05, 0) is 40.9 Å². The van der Waals surface area contributed by atoms with Crippen molar-refractivity contribution in [2.24, 2.45) is 0 Å². The smallest absolute Gasteiger partial charge is 0.244 e. The molecule has 1 heterocycles. The Hall–Kier alpha value is -0.890. The van der Waals surface area contributed by atoms with E-state index >= 15 is 0 Å². The molecular formula is C14H27N3O3S. The van der Waals surface area contributed by atoms with Gasteiger partial charge in [0.2, 0.25) is 10.0 Å². The molecule has 0 aliphatic carbocycles. The van der Waals surface area contributed by atoms with Crippen molar-refractivity contribution in [1.29, 1.82) is 0 Å². The summed E-state index contributed by atoms with van der Waals surface area (Å²) in [7, 11) is 0.305. The zero-order valence-electron chi connectivity index (χ0n) is 13.6. The molecule has 1 atom stereocenters. The van der Waals surface area contributed by atoms with Gasteiger partial charge in [0.25, 0.3) is 0 Å². The Bertz CT molecular complexity index is 538. The second-order valence-electron chi connectivity index (χ2n) is 5.47. The first-order valence-electron chi connectivity index (χ1n) is 7.24. The quantitative estimate of drug-likeness (QED) is 0.672. The third kappa shape index (κ3) is 5.43. The predicted octanol–water partition coefficient (Wildman–Crippen LogP) is 1.32. The number of likely N-dealkylation sites (N-methyl/N-ethyl adjacent to an activating group) is 1. The van der Waals surface area contributed by atoms with Gasteiger partial charge in [-0.1, -0.05) is 6.92 Å². The number of hydrogen-bond acceptors (Lipinski definition) is 5. The van der Waals surface area contributed by atoms with Crippen molar-refractivity contribution in [3.8, 4) is 0 Å². The van der Waals surface area contributed by atoms with Gasteiger partial charge in [-0.3, -0.25) is 0 Å². The van der Waals surface area contributed by atoms with Gasteiger partial charge in [0.15, 0.2) is 0 Å². The Morgan fingerprint density at radius 2 is 2.05 bits per heavy atom. The largest absolute Gasteiger partial charge is 0.464 e. The van der Waals surface area contributed by atoms with Crippen LogP contribution in [0.25, 0.3) is 0 Å². The van der Waals surface area contributed by atoms with Crippen LogP contribution < -0.4 is 10.0 Å². The first-order valence-corrected chi connectivity index (χ1v) is 8.72. The lowest BCUT2D eigenvalue weighted by Crippen LogP contribution is -2.38. The highest BCUT2D eigenvalue weighted by Crippen LogP contribution is 2.19. The van der Waals surface area contributed by atoms with Crippen LogP contribution in [0.15, 0.2) is 15.4 Å². The summed E-state index contributed by atoms with van der Waals surface area (Å²) in [6.45, 7) is 7.49. The molecule has 0 saturated heterocycles. The molecule has 0 spiro atoms. The van der Waals surface area contributed by atoms with Gasteiger partial charge in [-0.2, -0.15) is 0 Å². The van der Waals surface area contributed by atoms with Gasteiger partial charge in [-0.15, -0.1) is 0 Å². The lowest BCUT2D eigenvalue weighted by atomic mass is 10.3. The first kappa shape index (κ1) is 18.2. The summed E-state index contributed by atoms with van der Waals surface area (Å²) in [6.07, 6.45) is 1.02. The molecule has 122 valence electrons. The number of sulfonamides is 1. The van der Waals surface area contributed by atoms with Crippen molar-refractivity contribution in [3.05, 3.63) is 17.6 Å². The highest BCUT2D eigenvalue weighted by molar-refractivity contribution is 7.89. The Morgan fingerprint density at radius 3 is 2.62 bits per heavy atom. The fraction of sp³-hybridized carbons (Fsp3) is 0.714.